The van der Waals surface area contributed by atoms with E-state index in [0.29, 0.717) is 5.56 Å². The number of rotatable bonds is 2. The maximum Gasteiger partial charge on any atom is 0.249 e. The fourth-order valence-corrected chi connectivity index (χ4v) is 3.24. The van der Waals surface area contributed by atoms with E-state index in [1.165, 1.54) is 6.92 Å². The molecule has 1 aromatic rings. The van der Waals surface area contributed by atoms with Crippen molar-refractivity contribution < 1.29 is 18.0 Å². The van der Waals surface area contributed by atoms with Crippen molar-refractivity contribution in [1.29, 1.82) is 0 Å². The summed E-state index contributed by atoms with van der Waals surface area (Å²) >= 11 is 0. The second-order valence-corrected chi connectivity index (χ2v) is 5.85. The first-order chi connectivity index (χ1) is 7.94. The molecule has 1 saturated heterocycles. The second-order valence-electron chi connectivity index (χ2n) is 3.81. The molecule has 1 amide bonds. The van der Waals surface area contributed by atoms with Crippen molar-refractivity contribution in [3.63, 3.8) is 0 Å². The maximum absolute atomic E-state index is 11.9. The minimum Gasteiger partial charge on any atom is -0.293 e. The largest absolute Gasteiger partial charge is 0.293 e. The Kier molecular flexibility index (Phi) is 2.74. The zero-order valence-corrected chi connectivity index (χ0v) is 9.98. The number of nitrogens with zero attached hydrogens (tertiary/aromatic N) is 1. The molecule has 2 rings (SSSR count). The molecule has 1 aliphatic heterocycles. The van der Waals surface area contributed by atoms with Gasteiger partial charge in [-0.15, -0.1) is 0 Å². The highest BCUT2D eigenvalue weighted by Crippen LogP contribution is 2.25. The monoisotopic (exact) mass is 253 g/mol. The molecule has 0 aliphatic carbocycles. The third kappa shape index (κ3) is 1.84. The van der Waals surface area contributed by atoms with Crippen LogP contribution in [-0.4, -0.2) is 36.2 Å². The van der Waals surface area contributed by atoms with Crippen LogP contribution in [0.3, 0.4) is 0 Å². The molecule has 1 fully saturated rings. The SMILES string of the molecule is CC(=O)N1C[C@@H](C(=O)c2ccccc2)S1(=O)=O. The highest BCUT2D eigenvalue weighted by Gasteiger charge is 2.50. The van der Waals surface area contributed by atoms with E-state index < -0.39 is 27.0 Å². The summed E-state index contributed by atoms with van der Waals surface area (Å²) in [6, 6.07) is 8.21. The van der Waals surface area contributed by atoms with Gasteiger partial charge in [-0.25, -0.2) is 12.7 Å². The Morgan fingerprint density at radius 1 is 1.24 bits per heavy atom. The zero-order chi connectivity index (χ0) is 12.6. The summed E-state index contributed by atoms with van der Waals surface area (Å²) in [4.78, 5) is 22.9. The summed E-state index contributed by atoms with van der Waals surface area (Å²) in [5.74, 6) is -1.01. The Morgan fingerprint density at radius 3 is 2.29 bits per heavy atom. The highest BCUT2D eigenvalue weighted by atomic mass is 32.2. The van der Waals surface area contributed by atoms with Gasteiger partial charge >= 0.3 is 0 Å². The molecule has 1 atom stereocenters. The lowest BCUT2D eigenvalue weighted by atomic mass is 10.1. The normalized spacial score (nSPS) is 21.7. The Bertz CT molecular complexity index is 564. The van der Waals surface area contributed by atoms with Crippen LogP contribution in [0.5, 0.6) is 0 Å². The average molecular weight is 253 g/mol. The van der Waals surface area contributed by atoms with Gasteiger partial charge in [-0.3, -0.25) is 9.59 Å². The molecule has 1 aliphatic rings. The van der Waals surface area contributed by atoms with Crippen LogP contribution in [0.1, 0.15) is 17.3 Å². The number of sulfonamides is 1. The van der Waals surface area contributed by atoms with Gasteiger partial charge in [0.15, 0.2) is 11.0 Å². The van der Waals surface area contributed by atoms with Crippen molar-refractivity contribution in [2.75, 3.05) is 6.54 Å². The molecule has 0 bridgehead atoms. The summed E-state index contributed by atoms with van der Waals surface area (Å²) in [7, 11) is -3.78. The van der Waals surface area contributed by atoms with Crippen LogP contribution >= 0.6 is 0 Å². The molecule has 90 valence electrons. The number of benzene rings is 1. The lowest BCUT2D eigenvalue weighted by molar-refractivity contribution is -0.124. The first-order valence-corrected chi connectivity index (χ1v) is 6.56. The molecule has 17 heavy (non-hydrogen) atoms. The van der Waals surface area contributed by atoms with Gasteiger partial charge in [-0.1, -0.05) is 30.3 Å². The number of Topliss-reactive ketones (excluding diaryl/α,β-unsaturated/α-hetero) is 1. The molecule has 0 aromatic heterocycles. The van der Waals surface area contributed by atoms with E-state index in [2.05, 4.69) is 0 Å². The zero-order valence-electron chi connectivity index (χ0n) is 9.16. The Balaban J connectivity index is 2.24. The number of hydrogen-bond donors (Lipinski definition) is 0. The summed E-state index contributed by atoms with van der Waals surface area (Å²) in [6.07, 6.45) is 0. The van der Waals surface area contributed by atoms with Crippen LogP contribution in [0.2, 0.25) is 0 Å². The van der Waals surface area contributed by atoms with E-state index in [0.717, 1.165) is 4.31 Å². The summed E-state index contributed by atoms with van der Waals surface area (Å²) in [5.41, 5.74) is 0.351. The molecule has 5 nitrogen and oxygen atoms in total. The Morgan fingerprint density at radius 2 is 1.82 bits per heavy atom. The van der Waals surface area contributed by atoms with Gasteiger partial charge in [0.1, 0.15) is 0 Å². The summed E-state index contributed by atoms with van der Waals surface area (Å²) < 4.78 is 24.1. The molecule has 1 aromatic carbocycles. The minimum atomic E-state index is -3.78. The number of carbonyl (C=O) groups excluding carboxylic acids is 2. The third-order valence-electron chi connectivity index (χ3n) is 2.70. The summed E-state index contributed by atoms with van der Waals surface area (Å²) in [6.45, 7) is 1.12. The average Bonchev–Trinajstić information content (AvgIpc) is 2.28. The topological polar surface area (TPSA) is 71.5 Å². The van der Waals surface area contributed by atoms with Crippen molar-refractivity contribution in [3.8, 4) is 0 Å². The molecule has 6 heteroatoms. The molecule has 0 N–H and O–H groups in total. The Labute approximate surface area is 99.1 Å². The lowest BCUT2D eigenvalue weighted by Crippen LogP contribution is -2.60. The molecule has 0 saturated carbocycles. The number of amides is 1. The van der Waals surface area contributed by atoms with Crippen LogP contribution in [0.25, 0.3) is 0 Å². The fraction of sp³-hybridized carbons (Fsp3) is 0.273. The second kappa shape index (κ2) is 3.96. The molecular weight excluding hydrogens is 242 g/mol. The van der Waals surface area contributed by atoms with Crippen molar-refractivity contribution in [3.05, 3.63) is 35.9 Å². The van der Waals surface area contributed by atoms with Crippen LogP contribution in [0.4, 0.5) is 0 Å². The number of ketones is 1. The van der Waals surface area contributed by atoms with E-state index >= 15 is 0 Å². The van der Waals surface area contributed by atoms with Gasteiger partial charge in [0, 0.05) is 12.5 Å². The molecular formula is C11H11NO4S. The highest BCUT2D eigenvalue weighted by molar-refractivity contribution is 7.92. The van der Waals surface area contributed by atoms with E-state index in [4.69, 9.17) is 0 Å². The van der Waals surface area contributed by atoms with Crippen molar-refractivity contribution in [1.82, 2.24) is 4.31 Å². The van der Waals surface area contributed by atoms with Crippen LogP contribution in [-0.2, 0) is 14.8 Å². The number of hydrogen-bond acceptors (Lipinski definition) is 4. The molecule has 1 heterocycles. The van der Waals surface area contributed by atoms with Crippen molar-refractivity contribution in [2.45, 2.75) is 12.2 Å². The van der Waals surface area contributed by atoms with Gasteiger partial charge in [-0.05, 0) is 0 Å². The minimum absolute atomic E-state index is 0.0502. The Hall–Kier alpha value is -1.69. The van der Waals surface area contributed by atoms with Crippen LogP contribution in [0.15, 0.2) is 30.3 Å². The predicted octanol–water partition coefficient (Wildman–Crippen LogP) is 0.430. The van der Waals surface area contributed by atoms with Crippen LogP contribution < -0.4 is 0 Å². The van der Waals surface area contributed by atoms with E-state index in [1.807, 2.05) is 0 Å². The van der Waals surface area contributed by atoms with Gasteiger partial charge in [0.05, 0.1) is 6.54 Å². The third-order valence-corrected chi connectivity index (χ3v) is 4.80. The smallest absolute Gasteiger partial charge is 0.249 e. The number of carbonyl (C=O) groups is 2. The lowest BCUT2D eigenvalue weighted by Gasteiger charge is -2.36. The fourth-order valence-electron chi connectivity index (χ4n) is 1.73. The van der Waals surface area contributed by atoms with E-state index in [9.17, 15) is 18.0 Å². The molecule has 0 unspecified atom stereocenters. The van der Waals surface area contributed by atoms with Crippen LogP contribution in [0, 0.1) is 0 Å². The van der Waals surface area contributed by atoms with Gasteiger partial charge < -0.3 is 0 Å². The molecule has 0 radical (unpaired) electrons. The quantitative estimate of drug-likeness (QED) is 0.716. The van der Waals surface area contributed by atoms with Gasteiger partial charge in [0.2, 0.25) is 15.9 Å². The standard InChI is InChI=1S/C11H11NO4S/c1-8(13)12-7-10(17(12,15)16)11(14)9-5-3-2-4-6-9/h2-6,10H,7H2,1H3/t10-/m0/s1. The van der Waals surface area contributed by atoms with E-state index in [-0.39, 0.29) is 6.54 Å². The van der Waals surface area contributed by atoms with Crippen molar-refractivity contribution >= 4 is 21.7 Å². The predicted molar refractivity (Wildman–Crippen MR) is 60.9 cm³/mol. The summed E-state index contributed by atoms with van der Waals surface area (Å²) in [5, 5.41) is -1.12. The first kappa shape index (κ1) is 11.8. The van der Waals surface area contributed by atoms with E-state index in [1.54, 1.807) is 30.3 Å². The molecule has 0 spiro atoms. The van der Waals surface area contributed by atoms with Gasteiger partial charge in [0.25, 0.3) is 0 Å². The van der Waals surface area contributed by atoms with Gasteiger partial charge in [-0.2, -0.15) is 0 Å². The first-order valence-electron chi connectivity index (χ1n) is 5.06. The van der Waals surface area contributed by atoms with Crippen molar-refractivity contribution in [2.24, 2.45) is 0 Å². The maximum atomic E-state index is 11.9.